The van der Waals surface area contributed by atoms with Crippen molar-refractivity contribution >= 4 is 22.9 Å². The number of amides is 3. The number of fused-ring (bicyclic) bond motifs is 1. The van der Waals surface area contributed by atoms with E-state index < -0.39 is 0 Å². The maximum absolute atomic E-state index is 12.5. The second kappa shape index (κ2) is 11.7. The smallest absolute Gasteiger partial charge is 0.463 e. The molecule has 2 atom stereocenters. The molecule has 1 aliphatic heterocycles. The Balaban J connectivity index is 1.20. The highest BCUT2D eigenvalue weighted by atomic mass is 16.6. The van der Waals surface area contributed by atoms with E-state index in [4.69, 9.17) is 9.47 Å². The molecule has 0 aliphatic carbocycles. The standard InChI is InChI=1S/C28H34N4O4/c1-20-26(30-27(33)29-20)8-6-4-5-7-17-36-28(34)31(2)32-15-13-21(14-16-32)22-9-10-24-19-25(35-3)12-11-23(24)18-22/h9-16,18-20,26H,4-8,17H2,1-3H3,(H-,29,30,33)/p+1/t20-,26+/m0/s1. The number of hydrogen-bond acceptors (Lipinski definition) is 4. The minimum absolute atomic E-state index is 0.0777. The molecule has 2 aromatic carbocycles. The monoisotopic (exact) mass is 491 g/mol. The van der Waals surface area contributed by atoms with Gasteiger partial charge in [0.15, 0.2) is 0 Å². The Morgan fingerprint density at radius 2 is 1.67 bits per heavy atom. The summed E-state index contributed by atoms with van der Waals surface area (Å²) in [5.41, 5.74) is 2.17. The quantitative estimate of drug-likeness (QED) is 0.323. The van der Waals surface area contributed by atoms with Gasteiger partial charge in [-0.3, -0.25) is 0 Å². The summed E-state index contributed by atoms with van der Waals surface area (Å²) in [6.07, 6.45) is 8.17. The SMILES string of the molecule is COc1ccc2cc(-c3cc[n+](N(C)C(=O)OCCCCCC[C@H]4NC(=O)N[C@H]4C)cc3)ccc2c1. The van der Waals surface area contributed by atoms with Crippen molar-refractivity contribution in [2.75, 3.05) is 25.8 Å². The van der Waals surface area contributed by atoms with E-state index in [1.165, 1.54) is 5.01 Å². The molecule has 1 aromatic heterocycles. The van der Waals surface area contributed by atoms with Gasteiger partial charge in [0, 0.05) is 18.2 Å². The highest BCUT2D eigenvalue weighted by molar-refractivity contribution is 5.88. The van der Waals surface area contributed by atoms with Crippen molar-refractivity contribution in [3.8, 4) is 16.9 Å². The zero-order chi connectivity index (χ0) is 25.5. The summed E-state index contributed by atoms with van der Waals surface area (Å²) in [5.74, 6) is 0.842. The zero-order valence-electron chi connectivity index (χ0n) is 21.2. The largest absolute Gasteiger partial charge is 0.497 e. The van der Waals surface area contributed by atoms with Crippen LogP contribution in [0.15, 0.2) is 60.9 Å². The lowest BCUT2D eigenvalue weighted by Crippen LogP contribution is -2.58. The number of pyridine rings is 1. The topological polar surface area (TPSA) is 83.8 Å². The Bertz CT molecular complexity index is 1200. The second-order valence-corrected chi connectivity index (χ2v) is 9.25. The molecule has 1 aliphatic rings. The number of nitrogens with zero attached hydrogens (tertiary/aromatic N) is 2. The fraction of sp³-hybridized carbons (Fsp3) is 0.393. The number of benzene rings is 2. The summed E-state index contributed by atoms with van der Waals surface area (Å²) in [6, 6.07) is 16.6. The number of aromatic nitrogens is 1. The van der Waals surface area contributed by atoms with E-state index in [1.54, 1.807) is 18.8 Å². The van der Waals surface area contributed by atoms with Crippen LogP contribution >= 0.6 is 0 Å². The van der Waals surface area contributed by atoms with Gasteiger partial charge in [-0.1, -0.05) is 47.1 Å². The van der Waals surface area contributed by atoms with Gasteiger partial charge in [0.2, 0.25) is 12.4 Å². The van der Waals surface area contributed by atoms with Gasteiger partial charge in [-0.15, -0.1) is 0 Å². The van der Waals surface area contributed by atoms with Crippen LogP contribution in [0.1, 0.15) is 39.0 Å². The first-order valence-corrected chi connectivity index (χ1v) is 12.5. The van der Waals surface area contributed by atoms with Gasteiger partial charge in [-0.2, -0.15) is 0 Å². The number of unbranched alkanes of at least 4 members (excludes halogenated alkanes) is 3. The molecule has 8 heteroatoms. The number of urea groups is 1. The van der Waals surface area contributed by atoms with Crippen LogP contribution in [0.25, 0.3) is 21.9 Å². The first-order valence-electron chi connectivity index (χ1n) is 12.5. The van der Waals surface area contributed by atoms with Crippen LogP contribution in [0.2, 0.25) is 0 Å². The summed E-state index contributed by atoms with van der Waals surface area (Å²) in [4.78, 5) is 23.8. The molecule has 8 nitrogen and oxygen atoms in total. The Hall–Kier alpha value is -3.81. The number of rotatable bonds is 10. The predicted molar refractivity (Wildman–Crippen MR) is 140 cm³/mol. The second-order valence-electron chi connectivity index (χ2n) is 9.25. The highest BCUT2D eigenvalue weighted by Gasteiger charge is 2.26. The molecule has 3 amide bonds. The molecule has 190 valence electrons. The van der Waals surface area contributed by atoms with Crippen molar-refractivity contribution in [2.45, 2.75) is 51.1 Å². The molecular weight excluding hydrogens is 456 g/mol. The van der Waals surface area contributed by atoms with Crippen molar-refractivity contribution in [3.63, 3.8) is 0 Å². The molecule has 0 radical (unpaired) electrons. The van der Waals surface area contributed by atoms with E-state index in [2.05, 4.69) is 34.9 Å². The Kier molecular flexibility index (Phi) is 8.25. The minimum Gasteiger partial charge on any atom is -0.497 e. The molecule has 3 aromatic rings. The van der Waals surface area contributed by atoms with E-state index in [0.717, 1.165) is 59.8 Å². The van der Waals surface area contributed by atoms with Crippen molar-refractivity contribution < 1.29 is 23.7 Å². The van der Waals surface area contributed by atoms with Gasteiger partial charge in [0.05, 0.1) is 26.8 Å². The van der Waals surface area contributed by atoms with Crippen LogP contribution in [-0.2, 0) is 4.74 Å². The molecule has 0 bridgehead atoms. The number of carbonyl (C=O) groups is 2. The minimum atomic E-state index is -0.388. The molecule has 0 saturated carbocycles. The Labute approximate surface area is 212 Å². The van der Waals surface area contributed by atoms with E-state index in [-0.39, 0.29) is 24.2 Å². The van der Waals surface area contributed by atoms with E-state index in [1.807, 2.05) is 43.6 Å². The Morgan fingerprint density at radius 3 is 2.39 bits per heavy atom. The van der Waals surface area contributed by atoms with Crippen LogP contribution in [0, 0.1) is 0 Å². The van der Waals surface area contributed by atoms with Gasteiger partial charge in [-0.25, -0.2) is 9.59 Å². The van der Waals surface area contributed by atoms with E-state index in [0.29, 0.717) is 6.61 Å². The fourth-order valence-electron chi connectivity index (χ4n) is 4.47. The summed E-state index contributed by atoms with van der Waals surface area (Å²) < 4.78 is 12.5. The lowest BCUT2D eigenvalue weighted by Gasteiger charge is -2.13. The molecule has 1 saturated heterocycles. The van der Waals surface area contributed by atoms with E-state index >= 15 is 0 Å². The molecule has 2 N–H and O–H groups in total. The molecule has 4 rings (SSSR count). The van der Waals surface area contributed by atoms with Crippen LogP contribution in [-0.4, -0.2) is 45.0 Å². The average Bonchev–Trinajstić information content (AvgIpc) is 3.23. The van der Waals surface area contributed by atoms with Gasteiger partial charge in [-0.05, 0) is 59.9 Å². The highest BCUT2D eigenvalue weighted by Crippen LogP contribution is 2.26. The number of nitrogens with one attached hydrogen (secondary N) is 2. The molecule has 36 heavy (non-hydrogen) atoms. The Morgan fingerprint density at radius 1 is 0.944 bits per heavy atom. The predicted octanol–water partition coefficient (Wildman–Crippen LogP) is 4.53. The summed E-state index contributed by atoms with van der Waals surface area (Å²) >= 11 is 0. The number of methoxy groups -OCH3 is 1. The number of carbonyl (C=O) groups excluding carboxylic acids is 2. The molecule has 2 heterocycles. The van der Waals surface area contributed by atoms with Crippen LogP contribution in [0.5, 0.6) is 5.75 Å². The van der Waals surface area contributed by atoms with Crippen molar-refractivity contribution in [1.82, 2.24) is 10.6 Å². The van der Waals surface area contributed by atoms with Gasteiger partial charge < -0.3 is 20.1 Å². The third kappa shape index (κ3) is 6.24. The van der Waals surface area contributed by atoms with Crippen molar-refractivity contribution in [3.05, 3.63) is 60.9 Å². The first kappa shape index (κ1) is 25.3. The summed E-state index contributed by atoms with van der Waals surface area (Å²) in [5, 5.41) is 9.53. The summed E-state index contributed by atoms with van der Waals surface area (Å²) in [6.45, 7) is 2.41. The normalized spacial score (nSPS) is 16.9. The molecule has 0 unspecified atom stereocenters. The van der Waals surface area contributed by atoms with Gasteiger partial charge in [0.25, 0.3) is 0 Å². The van der Waals surface area contributed by atoms with Crippen molar-refractivity contribution in [1.29, 1.82) is 0 Å². The molecular formula is C28H35N4O4+. The maximum atomic E-state index is 12.5. The van der Waals surface area contributed by atoms with Crippen LogP contribution < -0.4 is 25.1 Å². The lowest BCUT2D eigenvalue weighted by molar-refractivity contribution is -0.680. The van der Waals surface area contributed by atoms with Crippen LogP contribution in [0.4, 0.5) is 9.59 Å². The summed E-state index contributed by atoms with van der Waals surface area (Å²) in [7, 11) is 3.36. The van der Waals surface area contributed by atoms with E-state index in [9.17, 15) is 9.59 Å². The molecule has 1 fully saturated rings. The van der Waals surface area contributed by atoms with Crippen LogP contribution in [0.3, 0.4) is 0 Å². The third-order valence-corrected chi connectivity index (χ3v) is 6.72. The van der Waals surface area contributed by atoms with Gasteiger partial charge in [0.1, 0.15) is 5.75 Å². The molecule has 0 spiro atoms. The lowest BCUT2D eigenvalue weighted by atomic mass is 10.0. The number of ether oxygens (including phenoxy) is 2. The van der Waals surface area contributed by atoms with Gasteiger partial charge >= 0.3 is 12.1 Å². The van der Waals surface area contributed by atoms with Crippen molar-refractivity contribution in [2.24, 2.45) is 0 Å². The number of hydrogen-bond donors (Lipinski definition) is 2. The maximum Gasteiger partial charge on any atom is 0.463 e. The third-order valence-electron chi connectivity index (χ3n) is 6.72. The fourth-order valence-corrected chi connectivity index (χ4v) is 4.47. The average molecular weight is 492 g/mol. The first-order chi connectivity index (χ1) is 17.4. The zero-order valence-corrected chi connectivity index (χ0v) is 21.2.